The van der Waals surface area contributed by atoms with E-state index >= 15 is 0 Å². The van der Waals surface area contributed by atoms with E-state index < -0.39 is 0 Å². The molecule has 0 unspecified atom stereocenters. The van der Waals surface area contributed by atoms with E-state index in [2.05, 4.69) is 18.2 Å². The number of hydrogen-bond acceptors (Lipinski definition) is 0. The van der Waals surface area contributed by atoms with Crippen LogP contribution in [-0.2, 0) is 0 Å². The van der Waals surface area contributed by atoms with Crippen molar-refractivity contribution in [2.45, 2.75) is 0 Å². The first-order valence-corrected chi connectivity index (χ1v) is 3.74. The van der Waals surface area contributed by atoms with Gasteiger partial charge in [-0.15, -0.1) is 11.6 Å². The summed E-state index contributed by atoms with van der Waals surface area (Å²) < 4.78 is 0. The molecule has 54 valence electrons. The number of rotatable bonds is 1. The van der Waals surface area contributed by atoms with Gasteiger partial charge in [-0.3, -0.25) is 0 Å². The first-order valence-electron chi connectivity index (χ1n) is 2.99. The lowest BCUT2D eigenvalue weighted by molar-refractivity contribution is 1.67. The van der Waals surface area contributed by atoms with Crippen LogP contribution in [0, 0.1) is 0 Å². The van der Waals surface area contributed by atoms with Crippen molar-refractivity contribution in [2.75, 3.05) is 6.38 Å². The fourth-order valence-electron chi connectivity index (χ4n) is 0.589. The van der Waals surface area contributed by atoms with Gasteiger partial charge in [0, 0.05) is 6.38 Å². The zero-order valence-corrected chi connectivity index (χ0v) is 6.81. The van der Waals surface area contributed by atoms with Gasteiger partial charge in [-0.25, -0.2) is 0 Å². The summed E-state index contributed by atoms with van der Waals surface area (Å²) in [5.41, 5.74) is 1.17. The van der Waals surface area contributed by atoms with Crippen LogP contribution in [0.4, 0.5) is 0 Å². The van der Waals surface area contributed by atoms with Gasteiger partial charge in [-0.2, -0.15) is 0 Å². The summed E-state index contributed by atoms with van der Waals surface area (Å²) in [4.78, 5) is 0. The Morgan fingerprint density at radius 3 is 2.00 bits per heavy atom. The average Bonchev–Trinajstić information content (AvgIpc) is 2.10. The van der Waals surface area contributed by atoms with Gasteiger partial charge in [0.05, 0.1) is 0 Å². The Balaban J connectivity index is 0.000000371. The van der Waals surface area contributed by atoms with Crippen LogP contribution >= 0.6 is 11.6 Å². The Kier molecular flexibility index (Phi) is 5.89. The Morgan fingerprint density at radius 2 is 1.70 bits per heavy atom. The fourth-order valence-corrected chi connectivity index (χ4v) is 0.589. The molecule has 0 aliphatic rings. The summed E-state index contributed by atoms with van der Waals surface area (Å²) >= 11 is 4.64. The quantitative estimate of drug-likeness (QED) is 0.545. The second kappa shape index (κ2) is 6.37. The monoisotopic (exact) mass is 154 g/mol. The van der Waals surface area contributed by atoms with Crippen molar-refractivity contribution in [3.8, 4) is 0 Å². The third-order valence-corrected chi connectivity index (χ3v) is 1.04. The maximum Gasteiger partial charge on any atom is 0.0108 e. The van der Waals surface area contributed by atoms with Gasteiger partial charge in [0.2, 0.25) is 0 Å². The zero-order chi connectivity index (χ0) is 7.82. The topological polar surface area (TPSA) is 0 Å². The molecule has 1 rings (SSSR count). The molecule has 1 heteroatoms. The molecule has 0 radical (unpaired) electrons. The lowest BCUT2D eigenvalue weighted by Crippen LogP contribution is -1.63. The fraction of sp³-hybridized carbons (Fsp3) is 0.111. The molecule has 0 N–H and O–H groups in total. The Morgan fingerprint density at radius 1 is 1.20 bits per heavy atom. The summed E-state index contributed by atoms with van der Waals surface area (Å²) in [6, 6.07) is 10.0. The van der Waals surface area contributed by atoms with Crippen molar-refractivity contribution in [2.24, 2.45) is 0 Å². The van der Waals surface area contributed by atoms with Gasteiger partial charge < -0.3 is 0 Å². The minimum atomic E-state index is 1.17. The molecule has 1 aromatic carbocycles. The Bertz CT molecular complexity index is 167. The maximum absolute atomic E-state index is 4.64. The van der Waals surface area contributed by atoms with Crippen molar-refractivity contribution < 1.29 is 0 Å². The van der Waals surface area contributed by atoms with E-state index in [9.17, 15) is 0 Å². The molecule has 0 aliphatic carbocycles. The normalized spacial score (nSPS) is 7.40. The van der Waals surface area contributed by atoms with Gasteiger partial charge in [0.1, 0.15) is 0 Å². The highest BCUT2D eigenvalue weighted by atomic mass is 35.5. The minimum Gasteiger partial charge on any atom is -0.130 e. The van der Waals surface area contributed by atoms with Gasteiger partial charge in [-0.1, -0.05) is 43.0 Å². The van der Waals surface area contributed by atoms with E-state index in [1.807, 2.05) is 36.4 Å². The minimum absolute atomic E-state index is 1.17. The molecule has 1 aromatic rings. The second-order valence-corrected chi connectivity index (χ2v) is 1.61. The summed E-state index contributed by atoms with van der Waals surface area (Å²) in [5, 5.41) is 0. The lowest BCUT2D eigenvalue weighted by atomic mass is 10.2. The first-order chi connectivity index (χ1) is 4.93. The van der Waals surface area contributed by atoms with Crippen molar-refractivity contribution in [1.29, 1.82) is 0 Å². The average molecular weight is 155 g/mol. The Labute approximate surface area is 67.1 Å². The summed E-state index contributed by atoms with van der Waals surface area (Å²) in [7, 11) is 0. The van der Waals surface area contributed by atoms with Crippen LogP contribution in [-0.4, -0.2) is 6.38 Å². The van der Waals surface area contributed by atoms with Crippen LogP contribution in [0.5, 0.6) is 0 Å². The van der Waals surface area contributed by atoms with Gasteiger partial charge in [0.25, 0.3) is 0 Å². The molecule has 0 heterocycles. The lowest BCUT2D eigenvalue weighted by Gasteiger charge is -1.85. The molecule has 0 aromatic heterocycles. The molecule has 0 spiro atoms. The molecule has 0 nitrogen and oxygen atoms in total. The summed E-state index contributed by atoms with van der Waals surface area (Å²) in [6.07, 6.45) is 3.31. The third kappa shape index (κ3) is 3.31. The van der Waals surface area contributed by atoms with Crippen LogP contribution < -0.4 is 0 Å². The molecular weight excluding hydrogens is 144 g/mol. The Hall–Kier alpha value is -0.750. The highest BCUT2D eigenvalue weighted by Crippen LogP contribution is 1.97. The molecule has 0 fully saturated rings. The van der Waals surface area contributed by atoms with Gasteiger partial charge in [0.15, 0.2) is 0 Å². The van der Waals surface area contributed by atoms with E-state index in [1.54, 1.807) is 0 Å². The van der Waals surface area contributed by atoms with Crippen LogP contribution in [0.3, 0.4) is 0 Å². The van der Waals surface area contributed by atoms with Crippen LogP contribution in [0.25, 0.3) is 6.08 Å². The number of halogens is 1. The third-order valence-electron chi connectivity index (χ3n) is 1.04. The predicted molar refractivity (Wildman–Crippen MR) is 48.3 cm³/mol. The smallest absolute Gasteiger partial charge is 0.0108 e. The van der Waals surface area contributed by atoms with E-state index in [4.69, 9.17) is 0 Å². The molecule has 0 bridgehead atoms. The van der Waals surface area contributed by atoms with Crippen molar-refractivity contribution in [1.82, 2.24) is 0 Å². The number of benzene rings is 1. The van der Waals surface area contributed by atoms with E-state index in [0.717, 1.165) is 0 Å². The van der Waals surface area contributed by atoms with Gasteiger partial charge >= 0.3 is 0 Å². The molecular formula is C9H11Cl. The molecule has 0 aliphatic heterocycles. The SMILES string of the molecule is C=Cc1ccccc1.CCl. The van der Waals surface area contributed by atoms with E-state index in [-0.39, 0.29) is 0 Å². The maximum atomic E-state index is 4.64. The van der Waals surface area contributed by atoms with Crippen molar-refractivity contribution >= 4 is 17.7 Å². The summed E-state index contributed by atoms with van der Waals surface area (Å²) in [6.45, 7) is 3.63. The molecule has 0 saturated carbocycles. The van der Waals surface area contributed by atoms with E-state index in [0.29, 0.717) is 0 Å². The molecule has 0 saturated heterocycles. The largest absolute Gasteiger partial charge is 0.130 e. The zero-order valence-electron chi connectivity index (χ0n) is 6.05. The molecule has 0 amide bonds. The highest BCUT2D eigenvalue weighted by Gasteiger charge is 1.75. The number of hydrogen-bond donors (Lipinski definition) is 0. The summed E-state index contributed by atoms with van der Waals surface area (Å²) in [5.74, 6) is 0. The first kappa shape index (κ1) is 9.25. The van der Waals surface area contributed by atoms with Crippen molar-refractivity contribution in [3.63, 3.8) is 0 Å². The van der Waals surface area contributed by atoms with Crippen LogP contribution in [0.2, 0.25) is 0 Å². The van der Waals surface area contributed by atoms with Crippen LogP contribution in [0.15, 0.2) is 36.9 Å². The number of alkyl halides is 1. The van der Waals surface area contributed by atoms with Crippen molar-refractivity contribution in [3.05, 3.63) is 42.5 Å². The standard InChI is InChI=1S/C8H8.CH3Cl/c1-2-8-6-4-3-5-7-8;1-2/h2-7H,1H2;1H3. The second-order valence-electron chi connectivity index (χ2n) is 1.61. The predicted octanol–water partition coefficient (Wildman–Crippen LogP) is 3.18. The van der Waals surface area contributed by atoms with E-state index in [1.165, 1.54) is 11.9 Å². The highest BCUT2D eigenvalue weighted by molar-refractivity contribution is 6.15. The molecule has 10 heavy (non-hydrogen) atoms. The molecule has 0 atom stereocenters. The van der Waals surface area contributed by atoms with Crippen LogP contribution in [0.1, 0.15) is 5.56 Å². The van der Waals surface area contributed by atoms with Gasteiger partial charge in [-0.05, 0) is 5.56 Å².